The minimum Gasteiger partial charge on any atom is -0.349 e. The molecule has 1 saturated carbocycles. The molecule has 1 heterocycles. The minimum atomic E-state index is -0.0252. The molecule has 24 heavy (non-hydrogen) atoms. The van der Waals surface area contributed by atoms with Gasteiger partial charge in [-0.25, -0.2) is 0 Å². The number of hydrogen-bond donors (Lipinski definition) is 1. The lowest BCUT2D eigenvalue weighted by atomic mass is 9.78. The number of nitrogens with one attached hydrogen (secondary N) is 1. The summed E-state index contributed by atoms with van der Waals surface area (Å²) in [6, 6.07) is 5.96. The Morgan fingerprint density at radius 1 is 1.33 bits per heavy atom. The van der Waals surface area contributed by atoms with E-state index < -0.39 is 0 Å². The van der Waals surface area contributed by atoms with Gasteiger partial charge >= 0.3 is 0 Å². The van der Waals surface area contributed by atoms with Crippen LogP contribution in [0.5, 0.6) is 0 Å². The van der Waals surface area contributed by atoms with Gasteiger partial charge in [-0.15, -0.1) is 11.8 Å². The van der Waals surface area contributed by atoms with Crippen molar-refractivity contribution in [3.8, 4) is 0 Å². The van der Waals surface area contributed by atoms with Crippen molar-refractivity contribution in [2.75, 3.05) is 17.2 Å². The Morgan fingerprint density at radius 2 is 2.12 bits per heavy atom. The summed E-state index contributed by atoms with van der Waals surface area (Å²) < 4.78 is 0. The fraction of sp³-hybridized carbons (Fsp3) is 0.579. The van der Waals surface area contributed by atoms with E-state index in [0.717, 1.165) is 17.0 Å². The lowest BCUT2D eigenvalue weighted by Gasteiger charge is -2.34. The molecule has 0 bridgehead atoms. The number of fused-ring (bicyclic) bond motifs is 1. The number of nitrogens with zero attached hydrogens (tertiary/aromatic N) is 1. The summed E-state index contributed by atoms with van der Waals surface area (Å²) in [7, 11) is 0. The van der Waals surface area contributed by atoms with Gasteiger partial charge in [-0.05, 0) is 43.4 Å². The van der Waals surface area contributed by atoms with Gasteiger partial charge in [-0.1, -0.05) is 26.7 Å². The summed E-state index contributed by atoms with van der Waals surface area (Å²) in [5.41, 5.74) is 1.52. The molecule has 0 spiro atoms. The molecule has 130 valence electrons. The molecular weight excluding hydrogens is 320 g/mol. The van der Waals surface area contributed by atoms with E-state index in [1.54, 1.807) is 16.7 Å². The second kappa shape index (κ2) is 7.18. The van der Waals surface area contributed by atoms with Gasteiger partial charge in [0.1, 0.15) is 0 Å². The number of anilines is 1. The van der Waals surface area contributed by atoms with Crippen LogP contribution < -0.4 is 10.2 Å². The first-order valence-electron chi connectivity index (χ1n) is 8.89. The number of rotatable bonds is 3. The van der Waals surface area contributed by atoms with E-state index in [-0.39, 0.29) is 17.9 Å². The van der Waals surface area contributed by atoms with Crippen molar-refractivity contribution in [3.63, 3.8) is 0 Å². The van der Waals surface area contributed by atoms with Crippen LogP contribution in [0.1, 0.15) is 50.4 Å². The van der Waals surface area contributed by atoms with Crippen LogP contribution >= 0.6 is 11.8 Å². The Labute approximate surface area is 148 Å². The van der Waals surface area contributed by atoms with Crippen LogP contribution in [0.3, 0.4) is 0 Å². The molecule has 1 fully saturated rings. The molecule has 4 nitrogen and oxygen atoms in total. The fourth-order valence-corrected chi connectivity index (χ4v) is 4.64. The second-order valence-electron chi connectivity index (χ2n) is 6.96. The summed E-state index contributed by atoms with van der Waals surface area (Å²) in [5.74, 6) is 1.72. The highest BCUT2D eigenvalue weighted by molar-refractivity contribution is 8.00. The molecule has 3 atom stereocenters. The zero-order valence-electron chi connectivity index (χ0n) is 14.7. The molecular formula is C19H26N2O2S. The molecule has 0 aromatic heterocycles. The normalized spacial score (nSPS) is 26.9. The smallest absolute Gasteiger partial charge is 0.251 e. The van der Waals surface area contributed by atoms with E-state index in [2.05, 4.69) is 19.2 Å². The van der Waals surface area contributed by atoms with Crippen molar-refractivity contribution in [1.82, 2.24) is 5.32 Å². The first kappa shape index (κ1) is 17.3. The summed E-state index contributed by atoms with van der Waals surface area (Å²) in [4.78, 5) is 27.6. The van der Waals surface area contributed by atoms with Gasteiger partial charge in [-0.3, -0.25) is 9.59 Å². The molecule has 0 unspecified atom stereocenters. The molecule has 0 saturated heterocycles. The fourth-order valence-electron chi connectivity index (χ4n) is 3.73. The van der Waals surface area contributed by atoms with E-state index >= 15 is 0 Å². The van der Waals surface area contributed by atoms with Crippen LogP contribution in [0.15, 0.2) is 23.1 Å². The molecule has 1 aliphatic carbocycles. The van der Waals surface area contributed by atoms with Crippen molar-refractivity contribution in [2.24, 2.45) is 11.8 Å². The van der Waals surface area contributed by atoms with Crippen molar-refractivity contribution < 1.29 is 9.59 Å². The van der Waals surface area contributed by atoms with Crippen molar-refractivity contribution in [3.05, 3.63) is 23.8 Å². The number of carbonyl (C=O) groups is 2. The lowest BCUT2D eigenvalue weighted by molar-refractivity contribution is -0.116. The van der Waals surface area contributed by atoms with Gasteiger partial charge in [-0.2, -0.15) is 0 Å². The van der Waals surface area contributed by atoms with Crippen LogP contribution in [-0.2, 0) is 4.79 Å². The number of thioether (sulfide) groups is 1. The SMILES string of the molecule is CCN1C(=O)CSc2ccc(C(=O)N[C@@H]3CCC[C@@H](C)[C@@H]3C)cc21. The molecule has 1 N–H and O–H groups in total. The maximum atomic E-state index is 12.7. The van der Waals surface area contributed by atoms with Gasteiger partial charge in [0, 0.05) is 23.0 Å². The third-order valence-corrected chi connectivity index (χ3v) is 6.55. The number of amides is 2. The van der Waals surface area contributed by atoms with E-state index in [9.17, 15) is 9.59 Å². The molecule has 1 aromatic rings. The Hall–Kier alpha value is -1.49. The molecule has 5 heteroatoms. The summed E-state index contributed by atoms with van der Waals surface area (Å²) in [5, 5.41) is 3.22. The van der Waals surface area contributed by atoms with Gasteiger partial charge < -0.3 is 10.2 Å². The van der Waals surface area contributed by atoms with Crippen LogP contribution in [0.25, 0.3) is 0 Å². The maximum Gasteiger partial charge on any atom is 0.251 e. The van der Waals surface area contributed by atoms with Crippen LogP contribution in [0.4, 0.5) is 5.69 Å². The van der Waals surface area contributed by atoms with Crippen LogP contribution in [0, 0.1) is 11.8 Å². The predicted octanol–water partition coefficient (Wildman–Crippen LogP) is 3.70. The van der Waals surface area contributed by atoms with E-state index in [0.29, 0.717) is 29.7 Å². The highest BCUT2D eigenvalue weighted by Gasteiger charge is 2.29. The first-order chi connectivity index (χ1) is 11.5. The highest BCUT2D eigenvalue weighted by Crippen LogP contribution is 2.36. The largest absolute Gasteiger partial charge is 0.349 e. The Balaban J connectivity index is 1.78. The molecule has 2 aliphatic rings. The van der Waals surface area contributed by atoms with Crippen molar-refractivity contribution in [1.29, 1.82) is 0 Å². The number of carbonyl (C=O) groups excluding carboxylic acids is 2. The average molecular weight is 346 g/mol. The highest BCUT2D eigenvalue weighted by atomic mass is 32.2. The standard InChI is InChI=1S/C19H26N2O2S/c1-4-21-16-10-14(8-9-17(16)24-11-18(21)22)19(23)20-15-7-5-6-12(2)13(15)3/h8-10,12-13,15H,4-7,11H2,1-3H3,(H,20,23)/t12-,13+,15-/m1/s1. The van der Waals surface area contributed by atoms with E-state index in [1.165, 1.54) is 12.8 Å². The quantitative estimate of drug-likeness (QED) is 0.908. The molecule has 0 radical (unpaired) electrons. The van der Waals surface area contributed by atoms with Crippen LogP contribution in [-0.4, -0.2) is 30.2 Å². The number of benzene rings is 1. The van der Waals surface area contributed by atoms with Gasteiger partial charge in [0.25, 0.3) is 5.91 Å². The maximum absolute atomic E-state index is 12.7. The topological polar surface area (TPSA) is 49.4 Å². The Kier molecular flexibility index (Phi) is 5.18. The van der Waals surface area contributed by atoms with Gasteiger partial charge in [0.05, 0.1) is 11.4 Å². The van der Waals surface area contributed by atoms with E-state index in [1.807, 2.05) is 25.1 Å². The summed E-state index contributed by atoms with van der Waals surface area (Å²) in [6.07, 6.45) is 3.48. The molecule has 1 aromatic carbocycles. The van der Waals surface area contributed by atoms with Crippen LogP contribution in [0.2, 0.25) is 0 Å². The lowest BCUT2D eigenvalue weighted by Crippen LogP contribution is -2.43. The van der Waals surface area contributed by atoms with E-state index in [4.69, 9.17) is 0 Å². The van der Waals surface area contributed by atoms with Gasteiger partial charge in [0.2, 0.25) is 5.91 Å². The first-order valence-corrected chi connectivity index (χ1v) is 9.88. The third-order valence-electron chi connectivity index (χ3n) is 5.50. The predicted molar refractivity (Wildman–Crippen MR) is 98.6 cm³/mol. The second-order valence-corrected chi connectivity index (χ2v) is 7.97. The Morgan fingerprint density at radius 3 is 2.88 bits per heavy atom. The minimum absolute atomic E-state index is 0.0252. The summed E-state index contributed by atoms with van der Waals surface area (Å²) >= 11 is 1.55. The van der Waals surface area contributed by atoms with Crippen molar-refractivity contribution >= 4 is 29.3 Å². The zero-order chi connectivity index (χ0) is 17.3. The Bertz CT molecular complexity index is 646. The molecule has 2 amide bonds. The average Bonchev–Trinajstić information content (AvgIpc) is 2.58. The zero-order valence-corrected chi connectivity index (χ0v) is 15.5. The van der Waals surface area contributed by atoms with Crippen molar-refractivity contribution in [2.45, 2.75) is 51.0 Å². The molecule has 1 aliphatic heterocycles. The summed E-state index contributed by atoms with van der Waals surface area (Å²) in [6.45, 7) is 7.10. The van der Waals surface area contributed by atoms with Gasteiger partial charge in [0.15, 0.2) is 0 Å². The number of hydrogen-bond acceptors (Lipinski definition) is 3. The molecule has 3 rings (SSSR count). The monoisotopic (exact) mass is 346 g/mol. The third kappa shape index (κ3) is 3.32.